The van der Waals surface area contributed by atoms with Crippen LogP contribution in [0.15, 0.2) is 107 Å². The molecule has 0 fully saturated rings. The molecule has 1 amide bonds. The molecule has 4 aromatic rings. The highest BCUT2D eigenvalue weighted by molar-refractivity contribution is 7.93. The van der Waals surface area contributed by atoms with Crippen molar-refractivity contribution in [3.8, 4) is 16.9 Å². The summed E-state index contributed by atoms with van der Waals surface area (Å²) in [6.07, 6.45) is -2.94. The van der Waals surface area contributed by atoms with E-state index in [-0.39, 0.29) is 24.5 Å². The molecule has 1 aliphatic rings. The molecule has 0 radical (unpaired) electrons. The molecule has 0 saturated carbocycles. The van der Waals surface area contributed by atoms with Crippen molar-refractivity contribution in [1.82, 2.24) is 10.9 Å². The number of carbonyl (C=O) groups is 1. The molecule has 5 rings (SSSR count). The summed E-state index contributed by atoms with van der Waals surface area (Å²) >= 11 is 0. The number of anilines is 1. The third-order valence-electron chi connectivity index (χ3n) is 6.98. The summed E-state index contributed by atoms with van der Waals surface area (Å²) in [5.41, 5.74) is 3.36. The molecule has 0 aliphatic carbocycles. The first-order valence-electron chi connectivity index (χ1n) is 13.4. The summed E-state index contributed by atoms with van der Waals surface area (Å²) < 4.78 is 74.1. The largest absolute Gasteiger partial charge is 0.492 e. The number of halogens is 3. The van der Waals surface area contributed by atoms with Gasteiger partial charge in [-0.1, -0.05) is 42.5 Å². The van der Waals surface area contributed by atoms with Crippen LogP contribution in [0.25, 0.3) is 11.1 Å². The van der Waals surface area contributed by atoms with Crippen LogP contribution in [0.3, 0.4) is 0 Å². The van der Waals surface area contributed by atoms with Crippen LogP contribution in [-0.4, -0.2) is 44.9 Å². The molecule has 4 aromatic carbocycles. The van der Waals surface area contributed by atoms with Gasteiger partial charge in [0.1, 0.15) is 18.4 Å². The number of sulfonamides is 1. The minimum atomic E-state index is -4.51. The summed E-state index contributed by atoms with van der Waals surface area (Å²) in [5, 5.41) is 14.8. The Kier molecular flexibility index (Phi) is 8.88. The quantitative estimate of drug-likeness (QED) is 0.130. The Morgan fingerprint density at radius 3 is 2.41 bits per heavy atom. The Hall–Kier alpha value is -4.88. The molecular formula is C31H27F3N4O5S. The Balaban J connectivity index is 1.30. The predicted molar refractivity (Wildman–Crippen MR) is 158 cm³/mol. The number of nitrogens with one attached hydrogen (secondary N) is 2. The van der Waals surface area contributed by atoms with Gasteiger partial charge in [-0.25, -0.2) is 8.42 Å². The minimum Gasteiger partial charge on any atom is -0.492 e. The maximum atomic E-state index is 13.9. The number of para-hydroxylation sites is 1. The highest BCUT2D eigenvalue weighted by Gasteiger charge is 2.42. The highest BCUT2D eigenvalue weighted by Crippen LogP contribution is 2.38. The fourth-order valence-electron chi connectivity index (χ4n) is 4.88. The number of benzene rings is 4. The lowest BCUT2D eigenvalue weighted by Crippen LogP contribution is -2.48. The van der Waals surface area contributed by atoms with E-state index in [0.717, 1.165) is 22.0 Å². The molecule has 0 bridgehead atoms. The van der Waals surface area contributed by atoms with Gasteiger partial charge in [-0.2, -0.15) is 23.9 Å². The van der Waals surface area contributed by atoms with Crippen LogP contribution in [0.4, 0.5) is 18.9 Å². The first-order chi connectivity index (χ1) is 21.1. The van der Waals surface area contributed by atoms with Crippen LogP contribution in [-0.2, 0) is 27.4 Å². The average molecular weight is 625 g/mol. The van der Waals surface area contributed by atoms with E-state index in [1.54, 1.807) is 54.1 Å². The van der Waals surface area contributed by atoms with Crippen molar-refractivity contribution in [2.75, 3.05) is 17.5 Å². The molecule has 9 nitrogen and oxygen atoms in total. The van der Waals surface area contributed by atoms with Gasteiger partial charge in [0, 0.05) is 6.42 Å². The normalized spacial score (nSPS) is 14.8. The zero-order valence-electron chi connectivity index (χ0n) is 23.0. The van der Waals surface area contributed by atoms with Crippen molar-refractivity contribution in [3.63, 3.8) is 0 Å². The van der Waals surface area contributed by atoms with E-state index in [0.29, 0.717) is 28.1 Å². The molecule has 1 heterocycles. The fraction of sp³-hybridized carbons (Fsp3) is 0.161. The average Bonchev–Trinajstić information content (AvgIpc) is 3.43. The van der Waals surface area contributed by atoms with Crippen molar-refractivity contribution in [2.24, 2.45) is 5.10 Å². The third-order valence-corrected chi connectivity index (χ3v) is 8.82. The number of alkyl halides is 3. The van der Waals surface area contributed by atoms with Crippen LogP contribution < -0.4 is 19.9 Å². The molecule has 0 spiro atoms. The zero-order valence-corrected chi connectivity index (χ0v) is 23.8. The van der Waals surface area contributed by atoms with Crippen LogP contribution in [0.5, 0.6) is 5.75 Å². The summed E-state index contributed by atoms with van der Waals surface area (Å²) in [7, 11) is -4.23. The second-order valence-electron chi connectivity index (χ2n) is 9.82. The van der Waals surface area contributed by atoms with Gasteiger partial charge >= 0.3 is 6.18 Å². The molecule has 1 atom stereocenters. The molecule has 13 heteroatoms. The molecule has 3 N–H and O–H groups in total. The van der Waals surface area contributed by atoms with Crippen LogP contribution in [0.2, 0.25) is 0 Å². The number of hydrogen-bond donors (Lipinski definition) is 3. The Morgan fingerprint density at radius 1 is 0.977 bits per heavy atom. The minimum absolute atomic E-state index is 0.102. The van der Waals surface area contributed by atoms with Crippen molar-refractivity contribution in [3.05, 3.63) is 114 Å². The Labute approximate surface area is 251 Å². The number of ether oxygens (including phenoxy) is 1. The van der Waals surface area contributed by atoms with E-state index in [1.165, 1.54) is 42.6 Å². The smallest absolute Gasteiger partial charge is 0.416 e. The third kappa shape index (κ3) is 6.68. The van der Waals surface area contributed by atoms with Crippen molar-refractivity contribution in [2.45, 2.75) is 23.5 Å². The van der Waals surface area contributed by atoms with Gasteiger partial charge in [0.25, 0.3) is 10.0 Å². The number of nitrogens with zero attached hydrogens (tertiary/aromatic N) is 2. The number of carbonyl (C=O) groups excluding carboxylic acids is 1. The van der Waals surface area contributed by atoms with Gasteiger partial charge in [0.05, 0.1) is 28.9 Å². The zero-order chi connectivity index (χ0) is 31.3. The van der Waals surface area contributed by atoms with Crippen LogP contribution in [0, 0.1) is 0 Å². The van der Waals surface area contributed by atoms with E-state index in [2.05, 4.69) is 10.4 Å². The lowest BCUT2D eigenvalue weighted by molar-refractivity contribution is -0.137. The SMILES string of the molecule is O=C(NCCOc1ccc(C=NNO)cc1)[C@@H]1Cc2ccccc2N1S(=O)(=O)c1ccc(-c2cccc(C(F)(F)F)c2)cc1. The monoisotopic (exact) mass is 624 g/mol. The number of amides is 1. The van der Waals surface area contributed by atoms with E-state index >= 15 is 0 Å². The Bertz CT molecular complexity index is 1760. The maximum Gasteiger partial charge on any atom is 0.416 e. The second-order valence-corrected chi connectivity index (χ2v) is 11.6. The number of fused-ring (bicyclic) bond motifs is 1. The molecule has 1 aliphatic heterocycles. The standard InChI is InChI=1S/C31H27F3N4O5S/c32-31(33,34)25-6-3-5-23(18-25)22-10-14-27(15-11-22)44(41,42)38-28-7-2-1-4-24(28)19-29(38)30(39)35-16-17-43-26-12-8-21(9-13-26)20-36-37-40/h1-15,18,20,29,37,40H,16-17,19H2,(H,35,39)/t29-/m0/s1. The van der Waals surface area contributed by atoms with Crippen LogP contribution in [0.1, 0.15) is 16.7 Å². The summed E-state index contributed by atoms with van der Waals surface area (Å²) in [4.78, 5) is 13.2. The van der Waals surface area contributed by atoms with Gasteiger partial charge in [0.2, 0.25) is 5.91 Å². The summed E-state index contributed by atoms with van der Waals surface area (Å²) in [5.74, 6) is 0.0384. The lowest BCUT2D eigenvalue weighted by atomic mass is 10.0. The van der Waals surface area contributed by atoms with Gasteiger partial charge in [-0.3, -0.25) is 14.3 Å². The van der Waals surface area contributed by atoms with Crippen molar-refractivity contribution in [1.29, 1.82) is 0 Å². The topological polar surface area (TPSA) is 120 Å². The summed E-state index contributed by atoms with van der Waals surface area (Å²) in [6.45, 7) is 0.240. The fourth-order valence-corrected chi connectivity index (χ4v) is 6.53. The molecular weight excluding hydrogens is 597 g/mol. The lowest BCUT2D eigenvalue weighted by Gasteiger charge is -2.26. The molecule has 228 valence electrons. The summed E-state index contributed by atoms with van der Waals surface area (Å²) in [6, 6.07) is 22.9. The van der Waals surface area contributed by atoms with Gasteiger partial charge < -0.3 is 10.1 Å². The van der Waals surface area contributed by atoms with Crippen molar-refractivity contribution < 1.29 is 36.3 Å². The molecule has 0 aromatic heterocycles. The number of rotatable bonds is 10. The number of hydrazone groups is 1. The maximum absolute atomic E-state index is 13.9. The van der Waals surface area contributed by atoms with E-state index < -0.39 is 33.7 Å². The van der Waals surface area contributed by atoms with Crippen LogP contribution >= 0.6 is 0 Å². The van der Waals surface area contributed by atoms with Gasteiger partial charge in [0.15, 0.2) is 0 Å². The van der Waals surface area contributed by atoms with Gasteiger partial charge in [-0.15, -0.1) is 0 Å². The van der Waals surface area contributed by atoms with E-state index in [9.17, 15) is 26.4 Å². The first kappa shape index (κ1) is 30.6. The predicted octanol–water partition coefficient (Wildman–Crippen LogP) is 5.00. The highest BCUT2D eigenvalue weighted by atomic mass is 32.2. The molecule has 0 saturated heterocycles. The number of hydrogen-bond acceptors (Lipinski definition) is 7. The Morgan fingerprint density at radius 2 is 1.70 bits per heavy atom. The van der Waals surface area contributed by atoms with E-state index in [1.807, 2.05) is 0 Å². The second kappa shape index (κ2) is 12.8. The first-order valence-corrected chi connectivity index (χ1v) is 14.8. The molecule has 44 heavy (non-hydrogen) atoms. The molecule has 0 unspecified atom stereocenters. The van der Waals surface area contributed by atoms with Crippen molar-refractivity contribution >= 4 is 27.8 Å². The van der Waals surface area contributed by atoms with E-state index in [4.69, 9.17) is 9.94 Å². The van der Waals surface area contributed by atoms with Gasteiger partial charge in [-0.05, 0) is 76.9 Å².